The van der Waals surface area contributed by atoms with Crippen molar-refractivity contribution in [2.45, 2.75) is 13.0 Å². The summed E-state index contributed by atoms with van der Waals surface area (Å²) in [6.07, 6.45) is 1.53. The number of amides is 2. The van der Waals surface area contributed by atoms with E-state index in [1.807, 2.05) is 37.3 Å². The molecule has 1 aliphatic heterocycles. The average Bonchev–Trinajstić information content (AvgIpc) is 2.72. The van der Waals surface area contributed by atoms with Crippen molar-refractivity contribution in [2.24, 2.45) is 0 Å². The molecule has 3 rings (SSSR count). The molecule has 1 aromatic heterocycles. The molecule has 1 atom stereocenters. The van der Waals surface area contributed by atoms with Crippen molar-refractivity contribution < 1.29 is 9.59 Å². The molecule has 0 unspecified atom stereocenters. The number of aromatic nitrogens is 1. The van der Waals surface area contributed by atoms with E-state index in [1.165, 1.54) is 11.1 Å². The van der Waals surface area contributed by atoms with Crippen molar-refractivity contribution in [3.05, 3.63) is 65.5 Å². The van der Waals surface area contributed by atoms with Gasteiger partial charge in [-0.3, -0.25) is 19.5 Å². The summed E-state index contributed by atoms with van der Waals surface area (Å²) < 4.78 is 0. The number of nitrogens with zero attached hydrogens (tertiary/aromatic N) is 2. The predicted octanol–water partition coefficient (Wildman–Crippen LogP) is 2.44. The van der Waals surface area contributed by atoms with Gasteiger partial charge in [0, 0.05) is 6.20 Å². The smallest absolute Gasteiger partial charge is 0.268 e. The van der Waals surface area contributed by atoms with Crippen LogP contribution in [-0.4, -0.2) is 21.7 Å². The third-order valence-corrected chi connectivity index (χ3v) is 3.35. The van der Waals surface area contributed by atoms with E-state index in [1.54, 1.807) is 12.1 Å². The Kier molecular flexibility index (Phi) is 2.63. The molecule has 4 heteroatoms. The van der Waals surface area contributed by atoms with Gasteiger partial charge in [0.25, 0.3) is 11.8 Å². The number of pyridine rings is 1. The highest BCUT2D eigenvalue weighted by Crippen LogP contribution is 2.29. The minimum Gasteiger partial charge on any atom is -0.268 e. The summed E-state index contributed by atoms with van der Waals surface area (Å²) in [6.45, 7) is 1.84. The zero-order valence-corrected chi connectivity index (χ0v) is 10.4. The standard InChI is InChI=1S/C15H12N2O2/c1-10(11-6-3-2-4-7-11)17-14(18)12-8-5-9-16-13(12)15(17)19/h2-10H,1H3/t10-/m1/s1. The molecule has 0 aliphatic carbocycles. The number of hydrogen-bond donors (Lipinski definition) is 0. The highest BCUT2D eigenvalue weighted by molar-refractivity contribution is 6.20. The van der Waals surface area contributed by atoms with Crippen LogP contribution in [0.25, 0.3) is 0 Å². The highest BCUT2D eigenvalue weighted by Gasteiger charge is 2.39. The Morgan fingerprint density at radius 1 is 1.00 bits per heavy atom. The van der Waals surface area contributed by atoms with Crippen LogP contribution in [0.5, 0.6) is 0 Å². The van der Waals surface area contributed by atoms with Crippen LogP contribution in [0.15, 0.2) is 48.7 Å². The molecule has 2 aromatic rings. The van der Waals surface area contributed by atoms with Gasteiger partial charge in [0.15, 0.2) is 0 Å². The molecule has 4 nitrogen and oxygen atoms in total. The Bertz CT molecular complexity index is 617. The molecule has 19 heavy (non-hydrogen) atoms. The molecule has 0 fully saturated rings. The third-order valence-electron chi connectivity index (χ3n) is 3.35. The van der Waals surface area contributed by atoms with Crippen LogP contribution in [0.3, 0.4) is 0 Å². The van der Waals surface area contributed by atoms with Gasteiger partial charge in [-0.2, -0.15) is 0 Å². The van der Waals surface area contributed by atoms with E-state index in [0.29, 0.717) is 5.56 Å². The zero-order chi connectivity index (χ0) is 13.4. The average molecular weight is 252 g/mol. The van der Waals surface area contributed by atoms with Crippen molar-refractivity contribution in [3.63, 3.8) is 0 Å². The first-order valence-electron chi connectivity index (χ1n) is 6.08. The van der Waals surface area contributed by atoms with Crippen molar-refractivity contribution in [1.29, 1.82) is 0 Å². The number of carbonyl (C=O) groups is 2. The quantitative estimate of drug-likeness (QED) is 0.771. The van der Waals surface area contributed by atoms with E-state index in [4.69, 9.17) is 0 Å². The number of carbonyl (C=O) groups excluding carboxylic acids is 2. The Hall–Kier alpha value is -2.49. The summed E-state index contributed by atoms with van der Waals surface area (Å²) in [5.74, 6) is -0.596. The summed E-state index contributed by atoms with van der Waals surface area (Å²) >= 11 is 0. The number of rotatable bonds is 2. The van der Waals surface area contributed by atoms with Crippen LogP contribution in [0.2, 0.25) is 0 Å². The summed E-state index contributed by atoms with van der Waals surface area (Å²) in [5.41, 5.74) is 1.56. The van der Waals surface area contributed by atoms with Gasteiger partial charge in [0.05, 0.1) is 11.6 Å². The molecular formula is C15H12N2O2. The van der Waals surface area contributed by atoms with Crippen LogP contribution >= 0.6 is 0 Å². The largest absolute Gasteiger partial charge is 0.280 e. The lowest BCUT2D eigenvalue weighted by molar-refractivity contribution is 0.0593. The molecular weight excluding hydrogens is 240 g/mol. The lowest BCUT2D eigenvalue weighted by Gasteiger charge is -2.22. The van der Waals surface area contributed by atoms with Gasteiger partial charge in [-0.05, 0) is 24.6 Å². The van der Waals surface area contributed by atoms with Gasteiger partial charge in [-0.25, -0.2) is 0 Å². The zero-order valence-electron chi connectivity index (χ0n) is 10.4. The Labute approximate surface area is 110 Å². The summed E-state index contributed by atoms with van der Waals surface area (Å²) in [7, 11) is 0. The van der Waals surface area contributed by atoms with Crippen molar-refractivity contribution >= 4 is 11.8 Å². The second-order valence-electron chi connectivity index (χ2n) is 4.47. The van der Waals surface area contributed by atoms with E-state index >= 15 is 0 Å². The van der Waals surface area contributed by atoms with E-state index < -0.39 is 0 Å². The lowest BCUT2D eigenvalue weighted by Crippen LogP contribution is -2.32. The van der Waals surface area contributed by atoms with Crippen LogP contribution < -0.4 is 0 Å². The van der Waals surface area contributed by atoms with Crippen LogP contribution in [-0.2, 0) is 0 Å². The van der Waals surface area contributed by atoms with E-state index in [9.17, 15) is 9.59 Å². The van der Waals surface area contributed by atoms with Crippen molar-refractivity contribution in [3.8, 4) is 0 Å². The Balaban J connectivity index is 2.01. The van der Waals surface area contributed by atoms with Crippen LogP contribution in [0.4, 0.5) is 0 Å². The molecule has 0 saturated heterocycles. The maximum Gasteiger partial charge on any atom is 0.280 e. The maximum absolute atomic E-state index is 12.3. The van der Waals surface area contributed by atoms with E-state index in [-0.39, 0.29) is 23.6 Å². The molecule has 0 saturated carbocycles. The SMILES string of the molecule is C[C@H](c1ccccc1)N1C(=O)c2cccnc2C1=O. The fourth-order valence-electron chi connectivity index (χ4n) is 2.32. The van der Waals surface area contributed by atoms with Crippen LogP contribution in [0.1, 0.15) is 39.4 Å². The Morgan fingerprint density at radius 3 is 2.42 bits per heavy atom. The molecule has 0 N–H and O–H groups in total. The highest BCUT2D eigenvalue weighted by atomic mass is 16.2. The second-order valence-corrected chi connectivity index (χ2v) is 4.47. The molecule has 2 heterocycles. The Morgan fingerprint density at radius 2 is 1.74 bits per heavy atom. The normalized spacial score (nSPS) is 15.5. The maximum atomic E-state index is 12.3. The fraction of sp³-hybridized carbons (Fsp3) is 0.133. The lowest BCUT2D eigenvalue weighted by atomic mass is 10.1. The van der Waals surface area contributed by atoms with Gasteiger partial charge in [-0.1, -0.05) is 30.3 Å². The molecule has 0 radical (unpaired) electrons. The van der Waals surface area contributed by atoms with E-state index in [0.717, 1.165) is 5.56 Å². The number of hydrogen-bond acceptors (Lipinski definition) is 3. The van der Waals surface area contributed by atoms with Crippen LogP contribution in [0, 0.1) is 0 Å². The van der Waals surface area contributed by atoms with Crippen molar-refractivity contribution in [1.82, 2.24) is 9.88 Å². The molecule has 2 amide bonds. The summed E-state index contributed by atoms with van der Waals surface area (Å²) in [4.78, 5) is 29.8. The minimum absolute atomic E-state index is 0.246. The molecule has 0 spiro atoms. The molecule has 0 bridgehead atoms. The second kappa shape index (κ2) is 4.31. The predicted molar refractivity (Wildman–Crippen MR) is 69.6 cm³/mol. The van der Waals surface area contributed by atoms with Gasteiger partial charge >= 0.3 is 0 Å². The topological polar surface area (TPSA) is 50.3 Å². The molecule has 1 aliphatic rings. The monoisotopic (exact) mass is 252 g/mol. The fourth-order valence-corrected chi connectivity index (χ4v) is 2.32. The molecule has 94 valence electrons. The van der Waals surface area contributed by atoms with Crippen molar-refractivity contribution in [2.75, 3.05) is 0 Å². The summed E-state index contributed by atoms with van der Waals surface area (Å²) in [5, 5.41) is 0. The number of imide groups is 1. The minimum atomic E-state index is -0.322. The molecule has 1 aromatic carbocycles. The first kappa shape index (κ1) is 11.6. The number of fused-ring (bicyclic) bond motifs is 1. The first-order chi connectivity index (χ1) is 9.20. The van der Waals surface area contributed by atoms with Gasteiger partial charge in [0.1, 0.15) is 5.69 Å². The third kappa shape index (κ3) is 1.73. The van der Waals surface area contributed by atoms with Gasteiger partial charge in [-0.15, -0.1) is 0 Å². The van der Waals surface area contributed by atoms with Gasteiger partial charge < -0.3 is 0 Å². The van der Waals surface area contributed by atoms with Gasteiger partial charge in [0.2, 0.25) is 0 Å². The van der Waals surface area contributed by atoms with E-state index in [2.05, 4.69) is 4.98 Å². The summed E-state index contributed by atoms with van der Waals surface area (Å²) in [6, 6.07) is 12.5. The number of benzene rings is 1. The first-order valence-corrected chi connectivity index (χ1v) is 6.08.